The molecule has 5 heteroatoms. The minimum absolute atomic E-state index is 0. The first-order valence-corrected chi connectivity index (χ1v) is 0. The van der Waals surface area contributed by atoms with Crippen LogP contribution < -0.4 is 0 Å². The molecule has 0 rings (SSSR count). The Kier molecular flexibility index (Phi) is 315. The summed E-state index contributed by atoms with van der Waals surface area (Å²) in [6.07, 6.45) is 0. The molecule has 33 valence electrons. The first-order valence-electron chi connectivity index (χ1n) is 0. The van der Waals surface area contributed by atoms with Gasteiger partial charge in [-0.25, -0.2) is 0 Å². The monoisotopic (exact) mass is 327 g/mol. The Labute approximate surface area is 85.7 Å². The molecule has 0 nitrogen and oxygen atoms in total. The summed E-state index contributed by atoms with van der Waals surface area (Å²) in [4.78, 5) is 0. The van der Waals surface area contributed by atoms with Gasteiger partial charge in [-0.05, 0) is 0 Å². The first kappa shape index (κ1) is 50.4. The van der Waals surface area contributed by atoms with Gasteiger partial charge in [0.2, 0.25) is 0 Å². The normalized spacial score (nSPS) is 0. The maximum absolute atomic E-state index is 0. The zero-order valence-corrected chi connectivity index (χ0v) is 9.49. The van der Waals surface area contributed by atoms with Crippen LogP contribution in [0.3, 0.4) is 0 Å². The Hall–Kier alpha value is 2.52. The molecule has 0 aromatic rings. The quantitative estimate of drug-likeness (QED) is 0.596. The third-order valence-electron chi connectivity index (χ3n) is 0. The summed E-state index contributed by atoms with van der Waals surface area (Å²) in [5.41, 5.74) is 0. The molecule has 0 unspecified atom stereocenters. The second kappa shape index (κ2) is 31.3. The Morgan fingerprint density at radius 3 is 0.400 bits per heavy atom. The van der Waals surface area contributed by atoms with E-state index >= 15 is 0 Å². The molecule has 0 aliphatic rings. The van der Waals surface area contributed by atoms with Crippen molar-refractivity contribution < 1.29 is 0 Å². The summed E-state index contributed by atoms with van der Waals surface area (Å²) >= 11 is 0. The summed E-state index contributed by atoms with van der Waals surface area (Å²) in [7, 11) is 0. The zero-order chi connectivity index (χ0) is 0. The summed E-state index contributed by atoms with van der Waals surface area (Å²) in [5.74, 6) is 0. The van der Waals surface area contributed by atoms with Crippen molar-refractivity contribution in [3.63, 3.8) is 0 Å². The van der Waals surface area contributed by atoms with Crippen LogP contribution >= 0.6 is 67.9 Å². The van der Waals surface area contributed by atoms with E-state index in [0.29, 0.717) is 0 Å². The molecule has 0 aromatic heterocycles. The largest absolute Gasteiger partial charge is 0.114 e. The molecule has 0 heterocycles. The topological polar surface area (TPSA) is 0 Å². The van der Waals surface area contributed by atoms with Gasteiger partial charge in [0, 0.05) is 18.9 Å². The van der Waals surface area contributed by atoms with E-state index in [2.05, 4.69) is 0 Å². The number of hydrogen-bond donors (Lipinski definition) is 0. The smallest absolute Gasteiger partial charge is 0 e. The minimum atomic E-state index is 0. The predicted octanol–water partition coefficient (Wildman–Crippen LogP) is 1.93. The Balaban J connectivity index is 0. The molecule has 5 heavy (non-hydrogen) atoms. The second-order valence-electron chi connectivity index (χ2n) is 0. The van der Waals surface area contributed by atoms with E-state index in [1.54, 1.807) is 0 Å². The van der Waals surface area contributed by atoms with E-state index in [1.165, 1.54) is 0 Å². The van der Waals surface area contributed by atoms with Crippen molar-refractivity contribution in [2.24, 2.45) is 0 Å². The van der Waals surface area contributed by atoms with Gasteiger partial charge in [-0.1, -0.05) is 0 Å². The predicted molar refractivity (Wildman–Crippen MR) is 47.0 cm³/mol. The number of rotatable bonds is 0. The molecule has 0 amide bonds. The third-order valence-corrected chi connectivity index (χ3v) is 0. The zero-order valence-electron chi connectivity index (χ0n) is 2.63. The molecule has 0 bridgehead atoms. The summed E-state index contributed by atoms with van der Waals surface area (Å²) in [6, 6.07) is 0. The van der Waals surface area contributed by atoms with Crippen molar-refractivity contribution in [1.82, 2.24) is 0 Å². The van der Waals surface area contributed by atoms with E-state index in [-0.39, 0.29) is 86.8 Å². The first-order chi connectivity index (χ1) is 0. The van der Waals surface area contributed by atoms with E-state index in [4.69, 9.17) is 0 Å². The van der Waals surface area contributed by atoms with Crippen LogP contribution in [0.4, 0.5) is 0 Å². The Morgan fingerprint density at radius 2 is 0.400 bits per heavy atom. The van der Waals surface area contributed by atoms with Gasteiger partial charge in [-0.15, -0.1) is 67.9 Å². The molecule has 0 atom stereocenters. The molecule has 0 saturated carbocycles. The van der Waals surface area contributed by atoms with Gasteiger partial charge in [0.05, 0.1) is 0 Å². The molecule has 0 aliphatic heterocycles. The van der Waals surface area contributed by atoms with Crippen molar-refractivity contribution >= 4 is 86.8 Å². The van der Waals surface area contributed by atoms with Crippen LogP contribution in [0, 0.1) is 0 Å². The van der Waals surface area contributed by atoms with Crippen molar-refractivity contribution in [2.45, 2.75) is 0 Å². The van der Waals surface area contributed by atoms with Crippen molar-refractivity contribution in [3.05, 3.63) is 0 Å². The second-order valence-corrected chi connectivity index (χ2v) is 0. The molecular weight excluding hydrogens is 327 g/mol. The van der Waals surface area contributed by atoms with Gasteiger partial charge in [-0.2, -0.15) is 0 Å². The summed E-state index contributed by atoms with van der Waals surface area (Å²) in [6.45, 7) is 0. The molecule has 0 spiro atoms. The summed E-state index contributed by atoms with van der Waals surface area (Å²) < 4.78 is 0. The molecule has 0 fully saturated rings. The van der Waals surface area contributed by atoms with E-state index in [9.17, 15) is 0 Å². The van der Waals surface area contributed by atoms with Gasteiger partial charge in [-0.3, -0.25) is 0 Å². The number of hydrogen-bond acceptors (Lipinski definition) is 0. The summed E-state index contributed by atoms with van der Waals surface area (Å²) in [5, 5.41) is 0. The van der Waals surface area contributed by atoms with Gasteiger partial charge >= 0.3 is 0 Å². The fourth-order valence-corrected chi connectivity index (χ4v) is 0. The van der Waals surface area contributed by atoms with Crippen LogP contribution in [0.25, 0.3) is 0 Å². The fourth-order valence-electron chi connectivity index (χ4n) is 0. The van der Waals surface area contributed by atoms with Crippen LogP contribution in [0.15, 0.2) is 0 Å². The van der Waals surface area contributed by atoms with Crippen molar-refractivity contribution in [1.29, 1.82) is 0 Å². The maximum Gasteiger partial charge on any atom is 0 e. The van der Waals surface area contributed by atoms with Crippen molar-refractivity contribution in [2.75, 3.05) is 0 Å². The third kappa shape index (κ3) is 21.0. The molecule has 0 aromatic carbocycles. The Morgan fingerprint density at radius 1 is 0.400 bits per heavy atom. The average Bonchev–Trinajstić information content (AvgIpc) is 0. The van der Waals surface area contributed by atoms with Gasteiger partial charge in [0.25, 0.3) is 0 Å². The molecule has 0 saturated heterocycles. The SMILES string of the molecule is Br.Br.Br.Br.[Li]. The number of halogens is 4. The van der Waals surface area contributed by atoms with E-state index in [1.807, 2.05) is 0 Å². The Bertz CT molecular complexity index is 3.61. The molecule has 0 aliphatic carbocycles. The van der Waals surface area contributed by atoms with Gasteiger partial charge in [0.1, 0.15) is 0 Å². The van der Waals surface area contributed by atoms with Crippen LogP contribution in [0.5, 0.6) is 0 Å². The van der Waals surface area contributed by atoms with Crippen LogP contribution in [0.2, 0.25) is 0 Å². The van der Waals surface area contributed by atoms with E-state index in [0.717, 1.165) is 0 Å². The molecule has 0 N–H and O–H groups in total. The fraction of sp³-hybridized carbons (Fsp3) is 0. The van der Waals surface area contributed by atoms with Crippen LogP contribution in [-0.4, -0.2) is 18.9 Å². The van der Waals surface area contributed by atoms with Crippen molar-refractivity contribution in [3.8, 4) is 0 Å². The van der Waals surface area contributed by atoms with Gasteiger partial charge < -0.3 is 0 Å². The van der Waals surface area contributed by atoms with E-state index < -0.39 is 0 Å². The maximum atomic E-state index is 0. The van der Waals surface area contributed by atoms with Gasteiger partial charge in [0.15, 0.2) is 0 Å². The molecule has 1 radical (unpaired) electrons. The minimum Gasteiger partial charge on any atom is -0.114 e. The standard InChI is InChI=1S/4BrH.Li/h4*1H;. The average molecular weight is 331 g/mol. The van der Waals surface area contributed by atoms with Crippen LogP contribution in [-0.2, 0) is 0 Å². The molecular formula is H4Br4Li. The van der Waals surface area contributed by atoms with Crippen LogP contribution in [0.1, 0.15) is 0 Å².